The van der Waals surface area contributed by atoms with E-state index in [9.17, 15) is 4.79 Å². The van der Waals surface area contributed by atoms with E-state index >= 15 is 0 Å². The van der Waals surface area contributed by atoms with Crippen molar-refractivity contribution in [2.75, 3.05) is 21.0 Å². The normalized spacial score (nSPS) is 12.0. The highest BCUT2D eigenvalue weighted by atomic mass is 127. The molecule has 0 radical (unpaired) electrons. The summed E-state index contributed by atoms with van der Waals surface area (Å²) in [7, 11) is 3.12. The second kappa shape index (κ2) is 11.0. The van der Waals surface area contributed by atoms with E-state index in [1.807, 2.05) is 30.3 Å². The number of amides is 1. The number of hydrazone groups is 1. The highest BCUT2D eigenvalue weighted by Gasteiger charge is 2.15. The summed E-state index contributed by atoms with van der Waals surface area (Å²) in [5.41, 5.74) is 4.60. The summed E-state index contributed by atoms with van der Waals surface area (Å²) in [6, 6.07) is 14.4. The van der Waals surface area contributed by atoms with Gasteiger partial charge in [-0.25, -0.2) is 5.43 Å². The smallest absolute Gasteiger partial charge is 0.271 e. The van der Waals surface area contributed by atoms with E-state index < -0.39 is 0 Å². The van der Waals surface area contributed by atoms with Gasteiger partial charge in [-0.1, -0.05) is 6.07 Å². The molecule has 176 valence electrons. The zero-order chi connectivity index (χ0) is 24.1. The Hall–Kier alpha value is -2.99. The van der Waals surface area contributed by atoms with Crippen LogP contribution in [0.1, 0.15) is 21.5 Å². The molecule has 0 saturated heterocycles. The summed E-state index contributed by atoms with van der Waals surface area (Å²) in [6.45, 7) is 0.538. The summed E-state index contributed by atoms with van der Waals surface area (Å²) < 4.78 is 29.1. The number of rotatable bonds is 8. The molecule has 0 spiro atoms. The zero-order valence-corrected chi connectivity index (χ0v) is 22.0. The number of ether oxygens (including phenoxy) is 5. The first-order valence-corrected chi connectivity index (χ1v) is 11.9. The second-order valence-electron chi connectivity index (χ2n) is 7.06. The lowest BCUT2D eigenvalue weighted by atomic mass is 10.2. The Morgan fingerprint density at radius 1 is 1.09 bits per heavy atom. The maximum absolute atomic E-state index is 12.4. The van der Waals surface area contributed by atoms with Gasteiger partial charge in [0.2, 0.25) is 6.79 Å². The van der Waals surface area contributed by atoms with Gasteiger partial charge in [0.05, 0.1) is 28.5 Å². The van der Waals surface area contributed by atoms with E-state index in [4.69, 9.17) is 23.7 Å². The lowest BCUT2D eigenvalue weighted by molar-refractivity contribution is 0.0954. The Balaban J connectivity index is 1.42. The van der Waals surface area contributed by atoms with E-state index in [-0.39, 0.29) is 12.7 Å². The van der Waals surface area contributed by atoms with Gasteiger partial charge in [0.1, 0.15) is 12.4 Å². The molecular formula is C24H20BrIN2O6. The quantitative estimate of drug-likeness (QED) is 0.209. The Labute approximate surface area is 218 Å². The zero-order valence-electron chi connectivity index (χ0n) is 18.3. The number of carbonyl (C=O) groups excluding carboxylic acids is 1. The molecule has 1 amide bonds. The molecule has 0 fully saturated rings. The third kappa shape index (κ3) is 5.55. The third-order valence-electron chi connectivity index (χ3n) is 4.86. The van der Waals surface area contributed by atoms with Crippen molar-refractivity contribution in [3.05, 3.63) is 73.3 Å². The molecule has 0 aromatic heterocycles. The predicted molar refractivity (Wildman–Crippen MR) is 138 cm³/mol. The van der Waals surface area contributed by atoms with Crippen molar-refractivity contribution < 1.29 is 28.5 Å². The second-order valence-corrected chi connectivity index (χ2v) is 9.08. The van der Waals surface area contributed by atoms with Crippen molar-refractivity contribution in [3.8, 4) is 28.7 Å². The van der Waals surface area contributed by atoms with Gasteiger partial charge in [-0.3, -0.25) is 4.79 Å². The van der Waals surface area contributed by atoms with Gasteiger partial charge >= 0.3 is 0 Å². The number of fused-ring (bicyclic) bond motifs is 1. The van der Waals surface area contributed by atoms with Crippen LogP contribution < -0.4 is 29.1 Å². The van der Waals surface area contributed by atoms with Gasteiger partial charge in [0.25, 0.3) is 5.91 Å². The van der Waals surface area contributed by atoms with Gasteiger partial charge in [0, 0.05) is 5.56 Å². The molecule has 1 aliphatic heterocycles. The fourth-order valence-electron chi connectivity index (χ4n) is 3.17. The standard InChI is InChI=1S/C24H20BrIN2O6/c1-30-20-10-16(4-5-18(20)26)24(29)28-27-11-15-7-17(25)23(22(9-15)31-2)32-12-14-3-6-19-21(8-14)34-13-33-19/h3-11H,12-13H2,1-2H3,(H,28,29)/b27-11-. The maximum atomic E-state index is 12.4. The Morgan fingerprint density at radius 2 is 1.88 bits per heavy atom. The van der Waals surface area contributed by atoms with Crippen LogP contribution in [0.25, 0.3) is 0 Å². The van der Waals surface area contributed by atoms with Crippen molar-refractivity contribution in [3.63, 3.8) is 0 Å². The van der Waals surface area contributed by atoms with Gasteiger partial charge in [-0.15, -0.1) is 0 Å². The monoisotopic (exact) mass is 638 g/mol. The molecule has 0 bridgehead atoms. The van der Waals surface area contributed by atoms with E-state index in [2.05, 4.69) is 49.0 Å². The number of hydrogen-bond donors (Lipinski definition) is 1. The average molecular weight is 639 g/mol. The summed E-state index contributed by atoms with van der Waals surface area (Å²) in [4.78, 5) is 12.4. The molecule has 1 heterocycles. The molecule has 1 N–H and O–H groups in total. The van der Waals surface area contributed by atoms with Crippen molar-refractivity contribution in [1.82, 2.24) is 5.43 Å². The number of carbonyl (C=O) groups is 1. The number of halogens is 2. The summed E-state index contributed by atoms with van der Waals surface area (Å²) in [5.74, 6) is 2.77. The van der Waals surface area contributed by atoms with Crippen LogP contribution in [-0.4, -0.2) is 33.1 Å². The largest absolute Gasteiger partial charge is 0.496 e. The molecule has 0 atom stereocenters. The topological polar surface area (TPSA) is 87.6 Å². The molecular weight excluding hydrogens is 619 g/mol. The summed E-state index contributed by atoms with van der Waals surface area (Å²) in [5, 5.41) is 4.06. The molecule has 10 heteroatoms. The Kier molecular flexibility index (Phi) is 7.78. The van der Waals surface area contributed by atoms with E-state index in [1.54, 1.807) is 32.4 Å². The lowest BCUT2D eigenvalue weighted by Crippen LogP contribution is -2.17. The van der Waals surface area contributed by atoms with Gasteiger partial charge < -0.3 is 23.7 Å². The number of benzene rings is 3. The fraction of sp³-hybridized carbons (Fsp3) is 0.167. The number of nitrogens with zero attached hydrogens (tertiary/aromatic N) is 1. The molecule has 4 rings (SSSR count). The third-order valence-corrected chi connectivity index (χ3v) is 6.35. The number of hydrogen-bond acceptors (Lipinski definition) is 7. The molecule has 0 aliphatic carbocycles. The van der Waals surface area contributed by atoms with Crippen LogP contribution in [-0.2, 0) is 6.61 Å². The first-order chi connectivity index (χ1) is 16.5. The minimum Gasteiger partial charge on any atom is -0.496 e. The Bertz CT molecular complexity index is 1250. The van der Waals surface area contributed by atoms with Crippen LogP contribution in [0.2, 0.25) is 0 Å². The molecule has 34 heavy (non-hydrogen) atoms. The fourth-order valence-corrected chi connectivity index (χ4v) is 4.30. The van der Waals surface area contributed by atoms with Crippen LogP contribution >= 0.6 is 38.5 Å². The molecule has 8 nitrogen and oxygen atoms in total. The van der Waals surface area contributed by atoms with Crippen molar-refractivity contribution in [2.45, 2.75) is 6.61 Å². The van der Waals surface area contributed by atoms with Gasteiger partial charge in [0.15, 0.2) is 23.0 Å². The van der Waals surface area contributed by atoms with Crippen LogP contribution in [0.4, 0.5) is 0 Å². The molecule has 0 saturated carbocycles. The first-order valence-electron chi connectivity index (χ1n) is 10.0. The van der Waals surface area contributed by atoms with Gasteiger partial charge in [-0.2, -0.15) is 5.10 Å². The predicted octanol–water partition coefficient (Wildman–Crippen LogP) is 5.14. The number of nitrogens with one attached hydrogen (secondary N) is 1. The van der Waals surface area contributed by atoms with E-state index in [0.29, 0.717) is 45.2 Å². The minimum atomic E-state index is -0.347. The summed E-state index contributed by atoms with van der Waals surface area (Å²) >= 11 is 5.67. The van der Waals surface area contributed by atoms with Crippen molar-refractivity contribution in [1.29, 1.82) is 0 Å². The van der Waals surface area contributed by atoms with Crippen LogP contribution in [0.15, 0.2) is 58.1 Å². The minimum absolute atomic E-state index is 0.224. The van der Waals surface area contributed by atoms with Gasteiger partial charge in [-0.05, 0) is 92.1 Å². The van der Waals surface area contributed by atoms with Crippen LogP contribution in [0.5, 0.6) is 28.7 Å². The number of methoxy groups -OCH3 is 2. The molecule has 3 aromatic carbocycles. The van der Waals surface area contributed by atoms with Crippen molar-refractivity contribution in [2.24, 2.45) is 5.10 Å². The van der Waals surface area contributed by atoms with Crippen LogP contribution in [0, 0.1) is 3.57 Å². The van der Waals surface area contributed by atoms with Crippen molar-refractivity contribution >= 4 is 50.6 Å². The SMILES string of the molecule is COc1cc(C(=O)N/N=C\c2cc(Br)c(OCc3ccc4c(c3)OCO4)c(OC)c2)ccc1I. The molecule has 0 unspecified atom stereocenters. The van der Waals surface area contributed by atoms with E-state index in [0.717, 1.165) is 14.9 Å². The Morgan fingerprint density at radius 3 is 2.68 bits per heavy atom. The molecule has 3 aromatic rings. The molecule has 1 aliphatic rings. The average Bonchev–Trinajstić information content (AvgIpc) is 3.31. The van der Waals surface area contributed by atoms with E-state index in [1.165, 1.54) is 6.21 Å². The lowest BCUT2D eigenvalue weighted by Gasteiger charge is -2.14. The highest BCUT2D eigenvalue weighted by Crippen LogP contribution is 2.38. The van der Waals surface area contributed by atoms with Crippen LogP contribution in [0.3, 0.4) is 0 Å². The maximum Gasteiger partial charge on any atom is 0.271 e. The highest BCUT2D eigenvalue weighted by molar-refractivity contribution is 14.1. The summed E-state index contributed by atoms with van der Waals surface area (Å²) in [6.07, 6.45) is 1.52. The first kappa shape index (κ1) is 24.1.